The number of carbonyl (C=O) groups excluding carboxylic acids is 2. The van der Waals surface area contributed by atoms with Gasteiger partial charge in [0.2, 0.25) is 5.91 Å². The largest absolute Gasteiger partial charge is 0.457 e. The van der Waals surface area contributed by atoms with Crippen LogP contribution in [0.4, 0.5) is 18.9 Å². The van der Waals surface area contributed by atoms with Crippen LogP contribution in [-0.4, -0.2) is 11.9 Å². The molecule has 7 heteroatoms. The monoisotopic (exact) mass is 363 g/mol. The van der Waals surface area contributed by atoms with E-state index in [1.54, 1.807) is 12.1 Å². The molecule has 4 nitrogen and oxygen atoms in total. The van der Waals surface area contributed by atoms with Gasteiger partial charge in [0.15, 0.2) is 0 Å². The lowest BCUT2D eigenvalue weighted by molar-refractivity contribution is -0.137. The number of benzene rings is 2. The molecule has 2 aromatic carbocycles. The van der Waals surface area contributed by atoms with Crippen molar-refractivity contribution in [3.05, 3.63) is 65.2 Å². The average Bonchev–Trinajstić information content (AvgIpc) is 3.45. The fourth-order valence-electron chi connectivity index (χ4n) is 2.35. The van der Waals surface area contributed by atoms with Crippen molar-refractivity contribution in [1.29, 1.82) is 0 Å². The van der Waals surface area contributed by atoms with Gasteiger partial charge in [0, 0.05) is 11.6 Å². The first-order valence-corrected chi connectivity index (χ1v) is 8.07. The van der Waals surface area contributed by atoms with Crippen LogP contribution in [0, 0.1) is 5.92 Å². The summed E-state index contributed by atoms with van der Waals surface area (Å²) < 4.78 is 43.1. The molecule has 2 aromatic rings. The SMILES string of the molecule is O=C(OCc1cccc(C(F)(F)F)c1)c1ccc(NC(=O)C2CC2)cc1. The summed E-state index contributed by atoms with van der Waals surface area (Å²) in [4.78, 5) is 23.7. The smallest absolute Gasteiger partial charge is 0.416 e. The number of nitrogens with one attached hydrogen (secondary N) is 1. The Bertz CT molecular complexity index is 812. The Morgan fingerprint density at radius 2 is 1.77 bits per heavy atom. The summed E-state index contributed by atoms with van der Waals surface area (Å²) >= 11 is 0. The molecule has 1 saturated carbocycles. The normalized spacial score (nSPS) is 14.0. The third-order valence-corrected chi connectivity index (χ3v) is 3.96. The first-order chi connectivity index (χ1) is 12.3. The van der Waals surface area contributed by atoms with E-state index in [2.05, 4.69) is 5.32 Å². The van der Waals surface area contributed by atoms with Crippen LogP contribution < -0.4 is 5.32 Å². The van der Waals surface area contributed by atoms with E-state index >= 15 is 0 Å². The number of esters is 1. The predicted molar refractivity (Wildman–Crippen MR) is 88.4 cm³/mol. The zero-order valence-electron chi connectivity index (χ0n) is 13.7. The van der Waals surface area contributed by atoms with E-state index in [0.717, 1.165) is 25.0 Å². The summed E-state index contributed by atoms with van der Waals surface area (Å²) in [6, 6.07) is 10.8. The van der Waals surface area contributed by atoms with Crippen LogP contribution in [0.25, 0.3) is 0 Å². The van der Waals surface area contributed by atoms with Crippen molar-refractivity contribution in [1.82, 2.24) is 0 Å². The van der Waals surface area contributed by atoms with Gasteiger partial charge < -0.3 is 10.1 Å². The summed E-state index contributed by atoms with van der Waals surface area (Å²) in [6.07, 6.45) is -2.65. The summed E-state index contributed by atoms with van der Waals surface area (Å²) in [6.45, 7) is -0.261. The van der Waals surface area contributed by atoms with E-state index in [-0.39, 0.29) is 29.6 Å². The third-order valence-electron chi connectivity index (χ3n) is 3.96. The number of hydrogen-bond acceptors (Lipinski definition) is 3. The molecule has 0 saturated heterocycles. The maximum atomic E-state index is 12.7. The maximum absolute atomic E-state index is 12.7. The zero-order valence-corrected chi connectivity index (χ0v) is 13.7. The van der Waals surface area contributed by atoms with Crippen molar-refractivity contribution < 1.29 is 27.5 Å². The topological polar surface area (TPSA) is 55.4 Å². The third kappa shape index (κ3) is 4.62. The number of halogens is 3. The summed E-state index contributed by atoms with van der Waals surface area (Å²) in [7, 11) is 0. The van der Waals surface area contributed by atoms with E-state index in [0.29, 0.717) is 5.69 Å². The lowest BCUT2D eigenvalue weighted by Gasteiger charge is -2.10. The van der Waals surface area contributed by atoms with Crippen LogP contribution in [0.5, 0.6) is 0 Å². The Hall–Kier alpha value is -2.83. The molecule has 26 heavy (non-hydrogen) atoms. The second kappa shape index (κ2) is 7.19. The number of rotatable bonds is 5. The Morgan fingerprint density at radius 1 is 1.08 bits per heavy atom. The lowest BCUT2D eigenvalue weighted by Crippen LogP contribution is -2.13. The van der Waals surface area contributed by atoms with Crippen molar-refractivity contribution in [2.24, 2.45) is 5.92 Å². The van der Waals surface area contributed by atoms with Crippen molar-refractivity contribution in [2.45, 2.75) is 25.6 Å². The lowest BCUT2D eigenvalue weighted by atomic mass is 10.1. The molecule has 1 N–H and O–H groups in total. The molecular weight excluding hydrogens is 347 g/mol. The highest BCUT2D eigenvalue weighted by Crippen LogP contribution is 2.30. The molecule has 0 heterocycles. The van der Waals surface area contributed by atoms with Crippen molar-refractivity contribution in [3.8, 4) is 0 Å². The fraction of sp³-hybridized carbons (Fsp3) is 0.263. The quantitative estimate of drug-likeness (QED) is 0.801. The Kier molecular flexibility index (Phi) is 4.97. The molecular formula is C19H16F3NO3. The van der Waals surface area contributed by atoms with Gasteiger partial charge in [-0.1, -0.05) is 12.1 Å². The first kappa shape index (κ1) is 18.0. The number of amides is 1. The van der Waals surface area contributed by atoms with Crippen LogP contribution in [0.1, 0.15) is 34.3 Å². The van der Waals surface area contributed by atoms with Crippen LogP contribution in [0.15, 0.2) is 48.5 Å². The van der Waals surface area contributed by atoms with Crippen molar-refractivity contribution in [3.63, 3.8) is 0 Å². The molecule has 0 spiro atoms. The number of ether oxygens (including phenoxy) is 1. The Morgan fingerprint density at radius 3 is 2.38 bits per heavy atom. The van der Waals surface area contributed by atoms with Gasteiger partial charge in [-0.25, -0.2) is 4.79 Å². The van der Waals surface area contributed by atoms with Crippen LogP contribution in [-0.2, 0) is 22.3 Å². The second-order valence-corrected chi connectivity index (χ2v) is 6.12. The summed E-state index contributed by atoms with van der Waals surface area (Å²) in [5, 5.41) is 2.75. The minimum absolute atomic E-state index is 0.0372. The maximum Gasteiger partial charge on any atom is 0.416 e. The fourth-order valence-corrected chi connectivity index (χ4v) is 2.35. The highest BCUT2D eigenvalue weighted by Gasteiger charge is 2.30. The van der Waals surface area contributed by atoms with E-state index in [1.165, 1.54) is 24.3 Å². The minimum atomic E-state index is -4.44. The number of anilines is 1. The van der Waals surface area contributed by atoms with E-state index in [9.17, 15) is 22.8 Å². The molecule has 0 unspecified atom stereocenters. The number of hydrogen-bond donors (Lipinski definition) is 1. The summed E-state index contributed by atoms with van der Waals surface area (Å²) in [5.74, 6) is -0.612. The molecule has 1 aliphatic rings. The van der Waals surface area contributed by atoms with E-state index < -0.39 is 17.7 Å². The van der Waals surface area contributed by atoms with Gasteiger partial charge >= 0.3 is 12.1 Å². The van der Waals surface area contributed by atoms with E-state index in [1.807, 2.05) is 0 Å². The van der Waals surface area contributed by atoms with Gasteiger partial charge in [-0.15, -0.1) is 0 Å². The zero-order chi connectivity index (χ0) is 18.7. The molecule has 0 atom stereocenters. The van der Waals surface area contributed by atoms with Crippen LogP contribution in [0.2, 0.25) is 0 Å². The molecule has 0 bridgehead atoms. The van der Waals surface area contributed by atoms with Gasteiger partial charge in [0.1, 0.15) is 6.61 Å². The van der Waals surface area contributed by atoms with Gasteiger partial charge in [0.25, 0.3) is 0 Å². The van der Waals surface area contributed by atoms with E-state index in [4.69, 9.17) is 4.74 Å². The molecule has 136 valence electrons. The standard InChI is InChI=1S/C19H16F3NO3/c20-19(21,22)15-3-1-2-12(10-15)11-26-18(25)14-6-8-16(9-7-14)23-17(24)13-4-5-13/h1-3,6-10,13H,4-5,11H2,(H,23,24). The van der Waals surface area contributed by atoms with Gasteiger partial charge in [-0.2, -0.15) is 13.2 Å². The molecule has 0 radical (unpaired) electrons. The highest BCUT2D eigenvalue weighted by atomic mass is 19.4. The van der Waals surface area contributed by atoms with Gasteiger partial charge in [0.05, 0.1) is 11.1 Å². The van der Waals surface area contributed by atoms with Crippen molar-refractivity contribution >= 4 is 17.6 Å². The summed E-state index contributed by atoms with van der Waals surface area (Å²) in [5.41, 5.74) is 0.293. The Labute approximate surface area is 148 Å². The molecule has 1 amide bonds. The molecule has 1 fully saturated rings. The molecule has 0 aromatic heterocycles. The van der Waals surface area contributed by atoms with Crippen LogP contribution in [0.3, 0.4) is 0 Å². The van der Waals surface area contributed by atoms with Gasteiger partial charge in [-0.05, 0) is 54.8 Å². The molecule has 1 aliphatic carbocycles. The van der Waals surface area contributed by atoms with Crippen LogP contribution >= 0.6 is 0 Å². The number of alkyl halides is 3. The highest BCUT2D eigenvalue weighted by molar-refractivity contribution is 5.95. The molecule has 0 aliphatic heterocycles. The van der Waals surface area contributed by atoms with Crippen molar-refractivity contribution in [2.75, 3.05) is 5.32 Å². The second-order valence-electron chi connectivity index (χ2n) is 6.12. The molecule has 3 rings (SSSR count). The van der Waals surface area contributed by atoms with Gasteiger partial charge in [-0.3, -0.25) is 4.79 Å². The number of carbonyl (C=O) groups is 2. The minimum Gasteiger partial charge on any atom is -0.457 e. The average molecular weight is 363 g/mol. The predicted octanol–water partition coefficient (Wildman–Crippen LogP) is 4.41. The Balaban J connectivity index is 1.57. The first-order valence-electron chi connectivity index (χ1n) is 8.07.